The Morgan fingerprint density at radius 3 is 2.15 bits per heavy atom. The van der Waals surface area contributed by atoms with E-state index in [9.17, 15) is 9.90 Å². The highest BCUT2D eigenvalue weighted by molar-refractivity contribution is 5.71. The summed E-state index contributed by atoms with van der Waals surface area (Å²) in [5.74, 6) is 5.60. The number of esters is 1. The zero-order chi connectivity index (χ0) is 19.3. The maximum absolute atomic E-state index is 12.2. The highest BCUT2D eigenvalue weighted by atomic mass is 16.6. The van der Waals surface area contributed by atoms with Crippen LogP contribution in [-0.2, 0) is 9.53 Å². The van der Waals surface area contributed by atoms with Gasteiger partial charge < -0.3 is 9.84 Å². The van der Waals surface area contributed by atoms with Crippen molar-refractivity contribution in [1.82, 2.24) is 0 Å². The second-order valence-electron chi connectivity index (χ2n) is 10.8. The summed E-state index contributed by atoms with van der Waals surface area (Å²) in [6.45, 7) is 12.2. The number of hydrogen-bond acceptors (Lipinski definition) is 3. The third-order valence-corrected chi connectivity index (χ3v) is 7.66. The molecule has 8 atom stereocenters. The van der Waals surface area contributed by atoms with Crippen LogP contribution in [0.3, 0.4) is 0 Å². The molecule has 0 aromatic carbocycles. The number of ether oxygens (including phenoxy) is 1. The summed E-state index contributed by atoms with van der Waals surface area (Å²) >= 11 is 0. The number of aliphatic hydroxyl groups is 1. The Labute approximate surface area is 160 Å². The largest absolute Gasteiger partial charge is 0.460 e. The highest BCUT2D eigenvalue weighted by Gasteiger charge is 2.59. The van der Waals surface area contributed by atoms with Crippen molar-refractivity contribution in [3.05, 3.63) is 0 Å². The quantitative estimate of drug-likeness (QED) is 0.659. The van der Waals surface area contributed by atoms with Crippen LogP contribution in [0, 0.1) is 41.4 Å². The number of fused-ring (bicyclic) bond motifs is 5. The minimum absolute atomic E-state index is 0.112. The maximum Gasteiger partial charge on any atom is 0.309 e. The average Bonchev–Trinajstić information content (AvgIpc) is 3.12. The van der Waals surface area contributed by atoms with Crippen LogP contribution in [-0.4, -0.2) is 22.3 Å². The molecule has 150 valence electrons. The molecule has 0 aromatic rings. The van der Waals surface area contributed by atoms with Crippen molar-refractivity contribution in [2.45, 2.75) is 97.7 Å². The van der Waals surface area contributed by atoms with Gasteiger partial charge in [-0.2, -0.15) is 0 Å². The van der Waals surface area contributed by atoms with Crippen molar-refractivity contribution in [3.63, 3.8) is 0 Å². The maximum atomic E-state index is 12.2. The SMILES string of the molecule is CCC1CC(CC)C2C3CC(CC3CC(C)(O)CC(=O)OC(C)(C)C)C12. The summed E-state index contributed by atoms with van der Waals surface area (Å²) in [5, 5.41) is 10.9. The fourth-order valence-electron chi connectivity index (χ4n) is 7.09. The first-order valence-corrected chi connectivity index (χ1v) is 11.0. The monoisotopic (exact) mass is 364 g/mol. The van der Waals surface area contributed by atoms with Gasteiger partial charge in [-0.3, -0.25) is 4.79 Å². The molecule has 3 rings (SSSR count). The van der Waals surface area contributed by atoms with Gasteiger partial charge in [-0.15, -0.1) is 0 Å². The lowest BCUT2D eigenvalue weighted by molar-refractivity contribution is -0.160. The molecule has 3 nitrogen and oxygen atoms in total. The van der Waals surface area contributed by atoms with E-state index in [2.05, 4.69) is 13.8 Å². The van der Waals surface area contributed by atoms with E-state index in [1.54, 1.807) is 0 Å². The highest BCUT2D eigenvalue weighted by Crippen LogP contribution is 2.66. The zero-order valence-electron chi connectivity index (χ0n) is 17.8. The van der Waals surface area contributed by atoms with Crippen molar-refractivity contribution in [3.8, 4) is 0 Å². The second kappa shape index (κ2) is 7.11. The molecule has 2 bridgehead atoms. The van der Waals surface area contributed by atoms with Gasteiger partial charge in [0, 0.05) is 0 Å². The van der Waals surface area contributed by atoms with Crippen LogP contribution < -0.4 is 0 Å². The predicted octanol–water partition coefficient (Wildman–Crippen LogP) is 5.20. The Hall–Kier alpha value is -0.570. The summed E-state index contributed by atoms with van der Waals surface area (Å²) < 4.78 is 5.43. The van der Waals surface area contributed by atoms with E-state index in [4.69, 9.17) is 4.74 Å². The zero-order valence-corrected chi connectivity index (χ0v) is 17.8. The number of hydrogen-bond donors (Lipinski definition) is 1. The van der Waals surface area contributed by atoms with Gasteiger partial charge >= 0.3 is 5.97 Å². The normalized spacial score (nSPS) is 41.1. The Bertz CT molecular complexity index is 518. The van der Waals surface area contributed by atoms with Crippen LogP contribution in [0.4, 0.5) is 0 Å². The predicted molar refractivity (Wildman–Crippen MR) is 105 cm³/mol. The molecule has 0 heterocycles. The topological polar surface area (TPSA) is 46.5 Å². The van der Waals surface area contributed by atoms with Crippen LogP contribution in [0.25, 0.3) is 0 Å². The molecule has 1 N–H and O–H groups in total. The fourth-order valence-corrected chi connectivity index (χ4v) is 7.09. The molecular weight excluding hydrogens is 324 g/mol. The van der Waals surface area contributed by atoms with Gasteiger partial charge in [0.25, 0.3) is 0 Å². The Morgan fingerprint density at radius 2 is 1.58 bits per heavy atom. The molecule has 8 unspecified atom stereocenters. The standard InChI is InChI=1S/C23H40O3/c1-7-14-9-15(8-2)21-18-11-16(20(14)21)10-17(18)12-23(6,25)13-19(24)26-22(3,4)5/h14-18,20-21,25H,7-13H2,1-6H3. The molecule has 0 saturated heterocycles. The number of carbonyl (C=O) groups is 1. The Morgan fingerprint density at radius 1 is 0.962 bits per heavy atom. The van der Waals surface area contributed by atoms with Crippen molar-refractivity contribution < 1.29 is 14.6 Å². The van der Waals surface area contributed by atoms with E-state index in [-0.39, 0.29) is 12.4 Å². The summed E-state index contributed by atoms with van der Waals surface area (Å²) in [7, 11) is 0. The van der Waals surface area contributed by atoms with E-state index in [1.165, 1.54) is 32.1 Å². The molecule has 0 aromatic heterocycles. The lowest BCUT2D eigenvalue weighted by atomic mass is 9.68. The fraction of sp³-hybridized carbons (Fsp3) is 0.957. The van der Waals surface area contributed by atoms with E-state index >= 15 is 0 Å². The van der Waals surface area contributed by atoms with Crippen LogP contribution in [0.5, 0.6) is 0 Å². The third-order valence-electron chi connectivity index (χ3n) is 7.66. The molecule has 0 aliphatic heterocycles. The van der Waals surface area contributed by atoms with Crippen LogP contribution in [0.15, 0.2) is 0 Å². The third kappa shape index (κ3) is 3.98. The molecular formula is C23H40O3. The second-order valence-corrected chi connectivity index (χ2v) is 10.8. The van der Waals surface area contributed by atoms with Crippen LogP contribution in [0.2, 0.25) is 0 Å². The number of carbonyl (C=O) groups excluding carboxylic acids is 1. The summed E-state index contributed by atoms with van der Waals surface area (Å²) in [5.41, 5.74) is -1.43. The minimum atomic E-state index is -0.947. The van der Waals surface area contributed by atoms with Crippen LogP contribution >= 0.6 is 0 Å². The Kier molecular flexibility index (Phi) is 5.52. The molecule has 0 spiro atoms. The van der Waals surface area contributed by atoms with E-state index in [1.807, 2.05) is 27.7 Å². The van der Waals surface area contributed by atoms with Crippen molar-refractivity contribution in [1.29, 1.82) is 0 Å². The smallest absolute Gasteiger partial charge is 0.309 e. The first-order chi connectivity index (χ1) is 12.0. The van der Waals surface area contributed by atoms with Gasteiger partial charge in [0.1, 0.15) is 5.60 Å². The van der Waals surface area contributed by atoms with Crippen molar-refractivity contribution in [2.24, 2.45) is 41.4 Å². The van der Waals surface area contributed by atoms with E-state index < -0.39 is 11.2 Å². The molecule has 3 aliphatic carbocycles. The summed E-state index contributed by atoms with van der Waals surface area (Å²) in [6.07, 6.45) is 7.57. The first kappa shape index (κ1) is 20.2. The molecule has 0 amide bonds. The molecule has 3 saturated carbocycles. The van der Waals surface area contributed by atoms with Crippen molar-refractivity contribution >= 4 is 5.97 Å². The van der Waals surface area contributed by atoms with Gasteiger partial charge in [-0.1, -0.05) is 26.7 Å². The van der Waals surface area contributed by atoms with Gasteiger partial charge in [-0.05, 0) is 94.8 Å². The average molecular weight is 365 g/mol. The Balaban J connectivity index is 1.63. The summed E-state index contributed by atoms with van der Waals surface area (Å²) in [4.78, 5) is 12.2. The van der Waals surface area contributed by atoms with Crippen LogP contribution in [0.1, 0.15) is 86.5 Å². The van der Waals surface area contributed by atoms with Gasteiger partial charge in [-0.25, -0.2) is 0 Å². The lowest BCUT2D eigenvalue weighted by Crippen LogP contribution is -2.38. The molecule has 3 aliphatic rings. The van der Waals surface area contributed by atoms with E-state index in [0.29, 0.717) is 5.92 Å². The van der Waals surface area contributed by atoms with Crippen molar-refractivity contribution in [2.75, 3.05) is 0 Å². The molecule has 0 radical (unpaired) electrons. The minimum Gasteiger partial charge on any atom is -0.460 e. The van der Waals surface area contributed by atoms with Gasteiger partial charge in [0.05, 0.1) is 12.0 Å². The van der Waals surface area contributed by atoms with E-state index in [0.717, 1.165) is 41.9 Å². The van der Waals surface area contributed by atoms with Gasteiger partial charge in [0.15, 0.2) is 0 Å². The molecule has 26 heavy (non-hydrogen) atoms. The molecule has 3 heteroatoms. The van der Waals surface area contributed by atoms with Gasteiger partial charge in [0.2, 0.25) is 0 Å². The lowest BCUT2D eigenvalue weighted by Gasteiger charge is -2.38. The first-order valence-electron chi connectivity index (χ1n) is 11.0. The summed E-state index contributed by atoms with van der Waals surface area (Å²) in [6, 6.07) is 0. The molecule has 3 fully saturated rings. The number of rotatable bonds is 6.